The quantitative estimate of drug-likeness (QED) is 0.378. The molecular weight excluding hydrogens is 360 g/mol. The zero-order valence-electron chi connectivity index (χ0n) is 16.8. The normalized spacial score (nSPS) is 11.0. The van der Waals surface area contributed by atoms with Crippen LogP contribution in [0.5, 0.6) is 5.75 Å². The van der Waals surface area contributed by atoms with E-state index >= 15 is 0 Å². The van der Waals surface area contributed by atoms with E-state index in [4.69, 9.17) is 9.15 Å². The Morgan fingerprint density at radius 3 is 2.34 bits per heavy atom. The average Bonchev–Trinajstić information content (AvgIpc) is 2.73. The van der Waals surface area contributed by atoms with Gasteiger partial charge in [0.05, 0.1) is 12.0 Å². The summed E-state index contributed by atoms with van der Waals surface area (Å²) in [7, 11) is 0. The van der Waals surface area contributed by atoms with Gasteiger partial charge in [0.1, 0.15) is 5.58 Å². The zero-order chi connectivity index (χ0) is 20.2. The molecular formula is C26H24O3. The van der Waals surface area contributed by atoms with Crippen LogP contribution in [0.25, 0.3) is 22.3 Å². The van der Waals surface area contributed by atoms with Crippen LogP contribution in [-0.2, 0) is 6.42 Å². The summed E-state index contributed by atoms with van der Waals surface area (Å²) < 4.78 is 12.2. The first-order valence-corrected chi connectivity index (χ1v) is 9.93. The number of benzene rings is 3. The van der Waals surface area contributed by atoms with Crippen molar-refractivity contribution in [3.8, 4) is 17.1 Å². The Kier molecular flexibility index (Phi) is 5.48. The number of hydrogen-bond acceptors (Lipinski definition) is 3. The lowest BCUT2D eigenvalue weighted by Crippen LogP contribution is -2.11. The van der Waals surface area contributed by atoms with Crippen LogP contribution in [0.3, 0.4) is 0 Å². The lowest BCUT2D eigenvalue weighted by molar-refractivity contribution is 0.303. The maximum absolute atomic E-state index is 13.2. The topological polar surface area (TPSA) is 39.4 Å². The molecule has 0 saturated heterocycles. The summed E-state index contributed by atoms with van der Waals surface area (Å²) in [5.74, 6) is 0.783. The summed E-state index contributed by atoms with van der Waals surface area (Å²) >= 11 is 0. The Morgan fingerprint density at radius 2 is 1.59 bits per heavy atom. The van der Waals surface area contributed by atoms with E-state index in [9.17, 15) is 4.79 Å². The van der Waals surface area contributed by atoms with E-state index in [0.717, 1.165) is 29.5 Å². The van der Waals surface area contributed by atoms with Gasteiger partial charge in [0.2, 0.25) is 11.2 Å². The monoisotopic (exact) mass is 384 g/mol. The second kappa shape index (κ2) is 8.36. The summed E-state index contributed by atoms with van der Waals surface area (Å²) in [6, 6.07) is 23.9. The highest BCUT2D eigenvalue weighted by Gasteiger charge is 2.17. The van der Waals surface area contributed by atoms with Crippen LogP contribution in [-0.4, -0.2) is 6.61 Å². The largest absolute Gasteiger partial charge is 0.486 e. The van der Waals surface area contributed by atoms with Crippen molar-refractivity contribution in [3.63, 3.8) is 0 Å². The molecule has 0 aliphatic carbocycles. The third-order valence-corrected chi connectivity index (χ3v) is 5.02. The predicted octanol–water partition coefficient (Wildman–Crippen LogP) is 6.09. The van der Waals surface area contributed by atoms with E-state index in [1.165, 1.54) is 5.56 Å². The first-order chi connectivity index (χ1) is 14.1. The molecule has 3 heteroatoms. The van der Waals surface area contributed by atoms with Gasteiger partial charge in [-0.1, -0.05) is 66.2 Å². The van der Waals surface area contributed by atoms with Gasteiger partial charge >= 0.3 is 0 Å². The van der Waals surface area contributed by atoms with E-state index in [1.54, 1.807) is 0 Å². The maximum Gasteiger partial charge on any atom is 0.235 e. The molecule has 4 aromatic rings. The molecule has 146 valence electrons. The summed E-state index contributed by atoms with van der Waals surface area (Å²) in [6.45, 7) is 4.47. The van der Waals surface area contributed by atoms with Crippen LogP contribution in [0.2, 0.25) is 0 Å². The SMILES string of the molecule is Cc1ccc(-c2oc3cc(C)ccc3c(=O)c2OCCCc2ccccc2)cc1. The van der Waals surface area contributed by atoms with E-state index in [2.05, 4.69) is 12.1 Å². The molecule has 0 amide bonds. The molecule has 0 bridgehead atoms. The molecule has 29 heavy (non-hydrogen) atoms. The smallest absolute Gasteiger partial charge is 0.235 e. The van der Waals surface area contributed by atoms with Gasteiger partial charge in [0.15, 0.2) is 5.76 Å². The molecule has 0 aliphatic rings. The van der Waals surface area contributed by atoms with E-state index in [0.29, 0.717) is 29.1 Å². The van der Waals surface area contributed by atoms with Crippen molar-refractivity contribution in [3.05, 3.63) is 99.7 Å². The van der Waals surface area contributed by atoms with Crippen molar-refractivity contribution < 1.29 is 9.15 Å². The predicted molar refractivity (Wildman–Crippen MR) is 118 cm³/mol. The second-order valence-electron chi connectivity index (χ2n) is 7.39. The summed E-state index contributed by atoms with van der Waals surface area (Å²) in [4.78, 5) is 13.2. The highest BCUT2D eigenvalue weighted by Crippen LogP contribution is 2.31. The van der Waals surface area contributed by atoms with Gasteiger partial charge < -0.3 is 9.15 Å². The lowest BCUT2D eigenvalue weighted by atomic mass is 10.1. The highest BCUT2D eigenvalue weighted by molar-refractivity contribution is 5.82. The van der Waals surface area contributed by atoms with E-state index in [-0.39, 0.29) is 5.43 Å². The molecule has 4 rings (SSSR count). The van der Waals surface area contributed by atoms with Gasteiger partial charge in [-0.05, 0) is 49.9 Å². The third-order valence-electron chi connectivity index (χ3n) is 5.02. The molecule has 0 fully saturated rings. The zero-order valence-corrected chi connectivity index (χ0v) is 16.8. The maximum atomic E-state index is 13.2. The first-order valence-electron chi connectivity index (χ1n) is 9.93. The lowest BCUT2D eigenvalue weighted by Gasteiger charge is -2.12. The minimum absolute atomic E-state index is 0.124. The number of aryl methyl sites for hydroxylation is 3. The minimum atomic E-state index is -0.124. The fraction of sp³-hybridized carbons (Fsp3) is 0.192. The van der Waals surface area contributed by atoms with Gasteiger partial charge in [-0.2, -0.15) is 0 Å². The molecule has 3 aromatic carbocycles. The standard InChI is InChI=1S/C26H24O3/c1-18-10-13-21(14-11-18)25-26(28-16-6-9-20-7-4-3-5-8-20)24(27)22-15-12-19(2)17-23(22)29-25/h3-5,7-8,10-15,17H,6,9,16H2,1-2H3. The Bertz CT molecular complexity index is 1170. The average molecular weight is 384 g/mol. The number of ether oxygens (including phenoxy) is 1. The number of rotatable bonds is 6. The summed E-state index contributed by atoms with van der Waals surface area (Å²) in [5.41, 5.74) is 4.76. The molecule has 0 radical (unpaired) electrons. The Hall–Kier alpha value is -3.33. The van der Waals surface area contributed by atoms with Crippen LogP contribution >= 0.6 is 0 Å². The molecule has 3 nitrogen and oxygen atoms in total. The van der Waals surface area contributed by atoms with Crippen LogP contribution in [0.1, 0.15) is 23.1 Å². The van der Waals surface area contributed by atoms with Crippen molar-refractivity contribution >= 4 is 11.0 Å². The Balaban J connectivity index is 1.67. The molecule has 0 N–H and O–H groups in total. The van der Waals surface area contributed by atoms with Crippen molar-refractivity contribution in [1.29, 1.82) is 0 Å². The van der Waals surface area contributed by atoms with Crippen LogP contribution in [0.4, 0.5) is 0 Å². The van der Waals surface area contributed by atoms with Gasteiger partial charge in [-0.25, -0.2) is 0 Å². The summed E-state index contributed by atoms with van der Waals surface area (Å²) in [6.07, 6.45) is 1.72. The molecule has 0 atom stereocenters. The van der Waals surface area contributed by atoms with Gasteiger partial charge in [0, 0.05) is 5.56 Å². The van der Waals surface area contributed by atoms with Crippen molar-refractivity contribution in [2.75, 3.05) is 6.61 Å². The molecule has 0 spiro atoms. The van der Waals surface area contributed by atoms with Crippen molar-refractivity contribution in [1.82, 2.24) is 0 Å². The van der Waals surface area contributed by atoms with Crippen LogP contribution in [0.15, 0.2) is 82.0 Å². The molecule has 0 saturated carbocycles. The molecule has 1 aromatic heterocycles. The fourth-order valence-electron chi connectivity index (χ4n) is 3.40. The van der Waals surface area contributed by atoms with Crippen LogP contribution < -0.4 is 10.2 Å². The van der Waals surface area contributed by atoms with Crippen molar-refractivity contribution in [2.24, 2.45) is 0 Å². The van der Waals surface area contributed by atoms with Gasteiger partial charge in [0.25, 0.3) is 0 Å². The van der Waals surface area contributed by atoms with Gasteiger partial charge in [-0.3, -0.25) is 4.79 Å². The fourth-order valence-corrected chi connectivity index (χ4v) is 3.40. The van der Waals surface area contributed by atoms with Gasteiger partial charge in [-0.15, -0.1) is 0 Å². The molecule has 0 unspecified atom stereocenters. The number of hydrogen-bond donors (Lipinski definition) is 0. The van der Waals surface area contributed by atoms with Crippen LogP contribution in [0, 0.1) is 13.8 Å². The minimum Gasteiger partial charge on any atom is -0.486 e. The van der Waals surface area contributed by atoms with E-state index in [1.807, 2.05) is 74.5 Å². The first kappa shape index (κ1) is 19.0. The second-order valence-corrected chi connectivity index (χ2v) is 7.39. The van der Waals surface area contributed by atoms with Crippen molar-refractivity contribution in [2.45, 2.75) is 26.7 Å². The third kappa shape index (κ3) is 4.24. The molecule has 0 aliphatic heterocycles. The number of fused-ring (bicyclic) bond motifs is 1. The Labute approximate surface area is 170 Å². The van der Waals surface area contributed by atoms with E-state index < -0.39 is 0 Å². The molecule has 1 heterocycles. The highest BCUT2D eigenvalue weighted by atomic mass is 16.5. The Morgan fingerprint density at radius 1 is 0.862 bits per heavy atom. The summed E-state index contributed by atoms with van der Waals surface area (Å²) in [5, 5.41) is 0.546.